The van der Waals surface area contributed by atoms with Gasteiger partial charge in [0.25, 0.3) is 0 Å². The highest BCUT2D eigenvalue weighted by Crippen LogP contribution is 2.05. The van der Waals surface area contributed by atoms with Crippen LogP contribution in [-0.4, -0.2) is 16.8 Å². The van der Waals surface area contributed by atoms with Gasteiger partial charge in [0.2, 0.25) is 0 Å². The topological polar surface area (TPSA) is 61.7 Å². The van der Waals surface area contributed by atoms with E-state index < -0.39 is 5.97 Å². The van der Waals surface area contributed by atoms with Gasteiger partial charge in [0.1, 0.15) is 5.71 Å². The number of nitrogens with zero attached hydrogens (tertiary/aromatic N) is 1. The Balaban J connectivity index is 2.65. The SMILES string of the molecule is CCC/C(=N\Nc1ccccc1)C(=O)O. The van der Waals surface area contributed by atoms with Gasteiger partial charge in [0.15, 0.2) is 0 Å². The molecule has 1 rings (SSSR count). The summed E-state index contributed by atoms with van der Waals surface area (Å²) in [6.45, 7) is 1.92. The number of aliphatic carboxylic acids is 1. The number of hydrogen-bond acceptors (Lipinski definition) is 3. The molecule has 0 unspecified atom stereocenters. The summed E-state index contributed by atoms with van der Waals surface area (Å²) in [5.41, 5.74) is 3.66. The van der Waals surface area contributed by atoms with Gasteiger partial charge in [-0.2, -0.15) is 5.10 Å². The standard InChI is InChI=1S/C11H14N2O2/c1-2-6-10(11(14)15)13-12-9-7-4-3-5-8-9/h3-5,7-8,12H,2,6H2,1H3,(H,14,15)/b13-10+. The molecule has 0 aromatic heterocycles. The highest BCUT2D eigenvalue weighted by atomic mass is 16.4. The van der Waals surface area contributed by atoms with Gasteiger partial charge in [-0.15, -0.1) is 0 Å². The van der Waals surface area contributed by atoms with Crippen LogP contribution >= 0.6 is 0 Å². The van der Waals surface area contributed by atoms with Crippen molar-refractivity contribution >= 4 is 17.4 Å². The van der Waals surface area contributed by atoms with E-state index in [9.17, 15) is 4.79 Å². The fourth-order valence-electron chi connectivity index (χ4n) is 1.09. The van der Waals surface area contributed by atoms with Crippen molar-refractivity contribution < 1.29 is 9.90 Å². The first kappa shape index (κ1) is 11.2. The number of carbonyl (C=O) groups is 1. The number of hydrazone groups is 1. The summed E-state index contributed by atoms with van der Waals surface area (Å²) in [5.74, 6) is -0.972. The minimum atomic E-state index is -0.972. The highest BCUT2D eigenvalue weighted by Gasteiger charge is 2.07. The van der Waals surface area contributed by atoms with Gasteiger partial charge in [0.05, 0.1) is 5.69 Å². The molecule has 4 nitrogen and oxygen atoms in total. The zero-order valence-electron chi connectivity index (χ0n) is 8.60. The molecule has 80 valence electrons. The summed E-state index contributed by atoms with van der Waals surface area (Å²) in [6.07, 6.45) is 1.23. The van der Waals surface area contributed by atoms with Crippen LogP contribution in [0.3, 0.4) is 0 Å². The Morgan fingerprint density at radius 1 is 1.40 bits per heavy atom. The van der Waals surface area contributed by atoms with Crippen LogP contribution in [0, 0.1) is 0 Å². The van der Waals surface area contributed by atoms with Crippen molar-refractivity contribution in [1.82, 2.24) is 0 Å². The Morgan fingerprint density at radius 3 is 2.60 bits per heavy atom. The lowest BCUT2D eigenvalue weighted by Gasteiger charge is -2.02. The third kappa shape index (κ3) is 3.81. The van der Waals surface area contributed by atoms with Gasteiger partial charge in [-0.1, -0.05) is 31.5 Å². The van der Waals surface area contributed by atoms with Crippen molar-refractivity contribution in [2.24, 2.45) is 5.10 Å². The molecule has 0 spiro atoms. The van der Waals surface area contributed by atoms with E-state index in [2.05, 4.69) is 10.5 Å². The van der Waals surface area contributed by atoms with E-state index in [1.165, 1.54) is 0 Å². The Kier molecular flexibility index (Phi) is 4.34. The predicted molar refractivity (Wildman–Crippen MR) is 60.0 cm³/mol. The summed E-state index contributed by atoms with van der Waals surface area (Å²) in [5, 5.41) is 12.7. The highest BCUT2D eigenvalue weighted by molar-refractivity contribution is 6.35. The molecule has 0 saturated carbocycles. The average molecular weight is 206 g/mol. The molecule has 0 amide bonds. The molecule has 0 atom stereocenters. The molecule has 0 saturated heterocycles. The predicted octanol–water partition coefficient (Wildman–Crippen LogP) is 2.34. The van der Waals surface area contributed by atoms with Crippen molar-refractivity contribution in [1.29, 1.82) is 0 Å². The van der Waals surface area contributed by atoms with E-state index in [0.29, 0.717) is 6.42 Å². The van der Waals surface area contributed by atoms with Crippen molar-refractivity contribution in [3.05, 3.63) is 30.3 Å². The summed E-state index contributed by atoms with van der Waals surface area (Å²) in [7, 11) is 0. The molecule has 0 radical (unpaired) electrons. The molecule has 2 N–H and O–H groups in total. The van der Waals surface area contributed by atoms with Crippen molar-refractivity contribution in [3.63, 3.8) is 0 Å². The Hall–Kier alpha value is -1.84. The number of carboxylic acids is 1. The Labute approximate surface area is 88.6 Å². The number of benzene rings is 1. The van der Waals surface area contributed by atoms with Crippen molar-refractivity contribution in [2.75, 3.05) is 5.43 Å². The van der Waals surface area contributed by atoms with Gasteiger partial charge < -0.3 is 5.11 Å². The third-order valence-corrected chi connectivity index (χ3v) is 1.83. The second-order valence-corrected chi connectivity index (χ2v) is 3.09. The maximum Gasteiger partial charge on any atom is 0.352 e. The van der Waals surface area contributed by atoms with Crippen LogP contribution in [0.4, 0.5) is 5.69 Å². The number of hydrogen-bond donors (Lipinski definition) is 2. The minimum Gasteiger partial charge on any atom is -0.477 e. The molecule has 1 aromatic carbocycles. The van der Waals surface area contributed by atoms with E-state index >= 15 is 0 Å². The van der Waals surface area contributed by atoms with Crippen molar-refractivity contribution in [2.45, 2.75) is 19.8 Å². The first-order chi connectivity index (χ1) is 7.24. The zero-order chi connectivity index (χ0) is 11.1. The molecule has 0 heterocycles. The Morgan fingerprint density at radius 2 is 2.07 bits per heavy atom. The normalized spacial score (nSPS) is 11.1. The van der Waals surface area contributed by atoms with E-state index in [1.54, 1.807) is 0 Å². The number of nitrogens with one attached hydrogen (secondary N) is 1. The molecule has 0 fully saturated rings. The van der Waals surface area contributed by atoms with Crippen LogP contribution < -0.4 is 5.43 Å². The van der Waals surface area contributed by atoms with Crippen LogP contribution in [-0.2, 0) is 4.79 Å². The maximum absolute atomic E-state index is 10.7. The summed E-state index contributed by atoms with van der Waals surface area (Å²) >= 11 is 0. The van der Waals surface area contributed by atoms with E-state index in [1.807, 2.05) is 37.3 Å². The largest absolute Gasteiger partial charge is 0.477 e. The molecule has 0 aliphatic carbocycles. The second kappa shape index (κ2) is 5.80. The fourth-order valence-corrected chi connectivity index (χ4v) is 1.09. The lowest BCUT2D eigenvalue weighted by Crippen LogP contribution is -2.14. The third-order valence-electron chi connectivity index (χ3n) is 1.83. The van der Waals surface area contributed by atoms with E-state index in [4.69, 9.17) is 5.11 Å². The number of carboxylic acid groups (broad SMARTS) is 1. The van der Waals surface area contributed by atoms with E-state index in [0.717, 1.165) is 12.1 Å². The molecular formula is C11H14N2O2. The molecule has 0 aliphatic heterocycles. The monoisotopic (exact) mass is 206 g/mol. The van der Waals surface area contributed by atoms with Crippen LogP contribution in [0.25, 0.3) is 0 Å². The first-order valence-corrected chi connectivity index (χ1v) is 4.85. The smallest absolute Gasteiger partial charge is 0.352 e. The van der Waals surface area contributed by atoms with Gasteiger partial charge in [-0.25, -0.2) is 4.79 Å². The molecule has 1 aromatic rings. The van der Waals surface area contributed by atoms with Crippen LogP contribution in [0.1, 0.15) is 19.8 Å². The molecule has 15 heavy (non-hydrogen) atoms. The van der Waals surface area contributed by atoms with Crippen LogP contribution in [0.5, 0.6) is 0 Å². The van der Waals surface area contributed by atoms with Gasteiger partial charge in [0, 0.05) is 0 Å². The van der Waals surface area contributed by atoms with Gasteiger partial charge >= 0.3 is 5.97 Å². The van der Waals surface area contributed by atoms with Crippen LogP contribution in [0.2, 0.25) is 0 Å². The lowest BCUT2D eigenvalue weighted by atomic mass is 10.2. The number of para-hydroxylation sites is 1. The fraction of sp³-hybridized carbons (Fsp3) is 0.273. The Bertz CT molecular complexity index is 347. The van der Waals surface area contributed by atoms with Crippen LogP contribution in [0.15, 0.2) is 35.4 Å². The van der Waals surface area contributed by atoms with Crippen molar-refractivity contribution in [3.8, 4) is 0 Å². The summed E-state index contributed by atoms with van der Waals surface area (Å²) < 4.78 is 0. The summed E-state index contributed by atoms with van der Waals surface area (Å²) in [6, 6.07) is 9.26. The van der Waals surface area contributed by atoms with E-state index in [-0.39, 0.29) is 5.71 Å². The van der Waals surface area contributed by atoms with Gasteiger partial charge in [-0.05, 0) is 18.6 Å². The maximum atomic E-state index is 10.7. The molecule has 0 bridgehead atoms. The quantitative estimate of drug-likeness (QED) is 0.574. The summed E-state index contributed by atoms with van der Waals surface area (Å²) in [4.78, 5) is 10.7. The zero-order valence-corrected chi connectivity index (χ0v) is 8.60. The average Bonchev–Trinajstić information content (AvgIpc) is 2.25. The lowest BCUT2D eigenvalue weighted by molar-refractivity contribution is -0.129. The minimum absolute atomic E-state index is 0.154. The first-order valence-electron chi connectivity index (χ1n) is 4.85. The second-order valence-electron chi connectivity index (χ2n) is 3.09. The molecule has 4 heteroatoms. The number of rotatable bonds is 5. The molecule has 0 aliphatic rings. The van der Waals surface area contributed by atoms with Gasteiger partial charge in [-0.3, -0.25) is 5.43 Å². The molecular weight excluding hydrogens is 192 g/mol. The number of anilines is 1.